The van der Waals surface area contributed by atoms with E-state index in [4.69, 9.17) is 4.74 Å². The van der Waals surface area contributed by atoms with Crippen LogP contribution in [0.25, 0.3) is 5.57 Å². The van der Waals surface area contributed by atoms with Gasteiger partial charge in [-0.05, 0) is 49.8 Å². The molecule has 2 aliphatic rings. The minimum Gasteiger partial charge on any atom is -0.450 e. The zero-order valence-electron chi connectivity index (χ0n) is 11.8. The van der Waals surface area contributed by atoms with Crippen LogP contribution in [0.2, 0.25) is 0 Å². The molecule has 20 heavy (non-hydrogen) atoms. The second kappa shape index (κ2) is 5.65. The lowest BCUT2D eigenvalue weighted by molar-refractivity contribution is 0.0952. The molecular formula is C16H20N2O2. The third-order valence-corrected chi connectivity index (χ3v) is 4.20. The Bertz CT molecular complexity index is 512. The topological polar surface area (TPSA) is 42.4 Å². The van der Waals surface area contributed by atoms with E-state index in [2.05, 4.69) is 17.1 Å². The van der Waals surface area contributed by atoms with Crippen molar-refractivity contribution in [1.29, 1.82) is 0 Å². The monoisotopic (exact) mass is 272 g/mol. The Morgan fingerprint density at radius 2 is 2.35 bits per heavy atom. The number of fused-ring (bicyclic) bond motifs is 2. The maximum atomic E-state index is 12.2. The molecule has 1 aromatic heterocycles. The van der Waals surface area contributed by atoms with Gasteiger partial charge in [0.2, 0.25) is 0 Å². The first-order valence-corrected chi connectivity index (χ1v) is 7.36. The summed E-state index contributed by atoms with van der Waals surface area (Å²) in [6, 6.07) is 4.48. The van der Waals surface area contributed by atoms with Gasteiger partial charge in [0.15, 0.2) is 0 Å². The summed E-state index contributed by atoms with van der Waals surface area (Å²) in [6.45, 7) is 2.29. The van der Waals surface area contributed by atoms with Crippen molar-refractivity contribution in [1.82, 2.24) is 9.88 Å². The van der Waals surface area contributed by atoms with Gasteiger partial charge in [-0.2, -0.15) is 0 Å². The highest BCUT2D eigenvalue weighted by Gasteiger charge is 2.40. The van der Waals surface area contributed by atoms with E-state index in [-0.39, 0.29) is 12.1 Å². The molecule has 2 bridgehead atoms. The van der Waals surface area contributed by atoms with E-state index >= 15 is 0 Å². The molecule has 0 N–H and O–H groups in total. The summed E-state index contributed by atoms with van der Waals surface area (Å²) in [5.74, 6) is 0. The van der Waals surface area contributed by atoms with Gasteiger partial charge in [0.1, 0.15) is 0 Å². The van der Waals surface area contributed by atoms with Gasteiger partial charge in [-0.3, -0.25) is 9.88 Å². The summed E-state index contributed by atoms with van der Waals surface area (Å²) in [7, 11) is 0. The summed E-state index contributed by atoms with van der Waals surface area (Å²) in [4.78, 5) is 18.4. The third kappa shape index (κ3) is 2.30. The van der Waals surface area contributed by atoms with Gasteiger partial charge in [-0.15, -0.1) is 0 Å². The van der Waals surface area contributed by atoms with Gasteiger partial charge < -0.3 is 4.74 Å². The molecule has 4 nitrogen and oxygen atoms in total. The number of aromatic nitrogens is 1. The average Bonchev–Trinajstić information content (AvgIpc) is 2.77. The van der Waals surface area contributed by atoms with Crippen LogP contribution in [-0.2, 0) is 4.74 Å². The van der Waals surface area contributed by atoms with Crippen molar-refractivity contribution in [3.8, 4) is 0 Å². The molecule has 1 aromatic rings. The number of nitrogens with zero attached hydrogens (tertiary/aromatic N) is 2. The highest BCUT2D eigenvalue weighted by atomic mass is 16.6. The van der Waals surface area contributed by atoms with Crippen molar-refractivity contribution in [2.45, 2.75) is 44.7 Å². The first-order chi connectivity index (χ1) is 9.81. The Kier molecular flexibility index (Phi) is 3.72. The maximum Gasteiger partial charge on any atom is 0.410 e. The largest absolute Gasteiger partial charge is 0.450 e. The fraction of sp³-hybridized carbons (Fsp3) is 0.500. The summed E-state index contributed by atoms with van der Waals surface area (Å²) < 4.78 is 5.25. The van der Waals surface area contributed by atoms with E-state index in [0.717, 1.165) is 31.2 Å². The molecule has 0 saturated carbocycles. The summed E-state index contributed by atoms with van der Waals surface area (Å²) in [5, 5.41) is 0. The molecule has 1 fully saturated rings. The van der Waals surface area contributed by atoms with Gasteiger partial charge in [-0.25, -0.2) is 4.79 Å². The van der Waals surface area contributed by atoms with Crippen LogP contribution in [0.3, 0.4) is 0 Å². The molecule has 2 aliphatic heterocycles. The molecule has 0 spiro atoms. The van der Waals surface area contributed by atoms with Crippen molar-refractivity contribution >= 4 is 11.7 Å². The van der Waals surface area contributed by atoms with E-state index in [1.165, 1.54) is 5.57 Å². The second-order valence-corrected chi connectivity index (χ2v) is 5.33. The van der Waals surface area contributed by atoms with Crippen LogP contribution in [0.15, 0.2) is 30.6 Å². The summed E-state index contributed by atoms with van der Waals surface area (Å²) in [6.07, 6.45) is 9.89. The van der Waals surface area contributed by atoms with Crippen LogP contribution in [-0.4, -0.2) is 34.7 Å². The molecule has 106 valence electrons. The Morgan fingerprint density at radius 1 is 1.45 bits per heavy atom. The number of allylic oxidation sites excluding steroid dienone is 1. The van der Waals surface area contributed by atoms with Gasteiger partial charge in [-0.1, -0.05) is 12.1 Å². The second-order valence-electron chi connectivity index (χ2n) is 5.33. The summed E-state index contributed by atoms with van der Waals surface area (Å²) >= 11 is 0. The predicted octanol–water partition coefficient (Wildman–Crippen LogP) is 3.25. The lowest BCUT2D eigenvalue weighted by atomic mass is 9.95. The predicted molar refractivity (Wildman–Crippen MR) is 77.1 cm³/mol. The fourth-order valence-electron chi connectivity index (χ4n) is 3.36. The van der Waals surface area contributed by atoms with Crippen molar-refractivity contribution in [3.63, 3.8) is 0 Å². The van der Waals surface area contributed by atoms with Gasteiger partial charge >= 0.3 is 6.09 Å². The smallest absolute Gasteiger partial charge is 0.410 e. The Balaban J connectivity index is 1.92. The number of amides is 1. The Morgan fingerprint density at radius 3 is 3.10 bits per heavy atom. The SMILES string of the molecule is CCOC(=O)N1[C@@H]2CCC=C(c3cccnc3)[C@H]1CC2. The highest BCUT2D eigenvalue weighted by Crippen LogP contribution is 2.39. The zero-order valence-corrected chi connectivity index (χ0v) is 11.8. The van der Waals surface area contributed by atoms with Crippen LogP contribution in [0.5, 0.6) is 0 Å². The fourth-order valence-corrected chi connectivity index (χ4v) is 3.36. The number of pyridine rings is 1. The first-order valence-electron chi connectivity index (χ1n) is 7.36. The summed E-state index contributed by atoms with van der Waals surface area (Å²) in [5.41, 5.74) is 2.35. The molecule has 0 aromatic carbocycles. The number of carbonyl (C=O) groups is 1. The van der Waals surface area contributed by atoms with Crippen LogP contribution in [0, 0.1) is 0 Å². The van der Waals surface area contributed by atoms with Crippen molar-refractivity contribution < 1.29 is 9.53 Å². The van der Waals surface area contributed by atoms with E-state index < -0.39 is 0 Å². The molecule has 4 heteroatoms. The number of hydrogen-bond acceptors (Lipinski definition) is 3. The average molecular weight is 272 g/mol. The van der Waals surface area contributed by atoms with E-state index in [9.17, 15) is 4.79 Å². The van der Waals surface area contributed by atoms with Crippen molar-refractivity contribution in [3.05, 3.63) is 36.2 Å². The number of ether oxygens (including phenoxy) is 1. The van der Waals surface area contributed by atoms with E-state index in [1.807, 2.05) is 24.1 Å². The zero-order chi connectivity index (χ0) is 13.9. The number of rotatable bonds is 2. The molecular weight excluding hydrogens is 252 g/mol. The van der Waals surface area contributed by atoms with E-state index in [1.54, 1.807) is 6.20 Å². The van der Waals surface area contributed by atoms with Crippen LogP contribution < -0.4 is 0 Å². The maximum absolute atomic E-state index is 12.2. The van der Waals surface area contributed by atoms with Crippen LogP contribution >= 0.6 is 0 Å². The molecule has 2 atom stereocenters. The molecule has 0 radical (unpaired) electrons. The number of carbonyl (C=O) groups excluding carboxylic acids is 1. The minimum absolute atomic E-state index is 0.144. The van der Waals surface area contributed by atoms with Crippen LogP contribution in [0.1, 0.15) is 38.2 Å². The Labute approximate surface area is 119 Å². The minimum atomic E-state index is -0.170. The van der Waals surface area contributed by atoms with Gasteiger partial charge in [0.05, 0.1) is 12.6 Å². The van der Waals surface area contributed by atoms with Crippen LogP contribution in [0.4, 0.5) is 4.79 Å². The molecule has 1 saturated heterocycles. The highest BCUT2D eigenvalue weighted by molar-refractivity contribution is 5.77. The molecule has 1 amide bonds. The van der Waals surface area contributed by atoms with Gasteiger partial charge in [0, 0.05) is 18.4 Å². The van der Waals surface area contributed by atoms with Crippen molar-refractivity contribution in [2.24, 2.45) is 0 Å². The quantitative estimate of drug-likeness (QED) is 0.830. The lowest BCUT2D eigenvalue weighted by Gasteiger charge is -2.29. The number of hydrogen-bond donors (Lipinski definition) is 0. The first kappa shape index (κ1) is 13.2. The van der Waals surface area contributed by atoms with Gasteiger partial charge in [0.25, 0.3) is 0 Å². The molecule has 3 rings (SSSR count). The molecule has 3 heterocycles. The molecule has 0 unspecified atom stereocenters. The normalized spacial score (nSPS) is 25.1. The molecule has 0 aliphatic carbocycles. The Hall–Kier alpha value is -1.84. The third-order valence-electron chi connectivity index (χ3n) is 4.20. The van der Waals surface area contributed by atoms with E-state index in [0.29, 0.717) is 12.6 Å². The standard InChI is InChI=1S/C16H20N2O2/c1-2-20-16(19)18-13-6-3-7-14(15(18)9-8-13)12-5-4-10-17-11-12/h4-5,7,10-11,13,15H,2-3,6,8-9H2,1H3/t13-,15-/m1/s1. The van der Waals surface area contributed by atoms with Crippen molar-refractivity contribution in [2.75, 3.05) is 6.61 Å². The lowest BCUT2D eigenvalue weighted by Crippen LogP contribution is -2.41.